The Labute approximate surface area is 191 Å². The van der Waals surface area contributed by atoms with E-state index in [1.54, 1.807) is 19.1 Å². The first kappa shape index (κ1) is 24.8. The quantitative estimate of drug-likeness (QED) is 0.446. The first-order valence-corrected chi connectivity index (χ1v) is 12.5. The molecule has 0 saturated heterocycles. The summed E-state index contributed by atoms with van der Waals surface area (Å²) in [5.41, 5.74) is 7.98. The van der Waals surface area contributed by atoms with Crippen molar-refractivity contribution in [1.82, 2.24) is 9.61 Å². The Morgan fingerprint density at radius 3 is 2.48 bits per heavy atom. The number of halogens is 2. The van der Waals surface area contributed by atoms with Gasteiger partial charge in [0.1, 0.15) is 28.1 Å². The molecule has 0 amide bonds. The van der Waals surface area contributed by atoms with Gasteiger partial charge in [-0.15, -0.1) is 0 Å². The summed E-state index contributed by atoms with van der Waals surface area (Å²) >= 11 is 0. The van der Waals surface area contributed by atoms with E-state index in [1.165, 1.54) is 10.6 Å². The molecule has 1 unspecified atom stereocenters. The summed E-state index contributed by atoms with van der Waals surface area (Å²) in [6.45, 7) is 3.17. The standard InChI is InChI=1S/C23H27F2N3O4S/c1-14-11-20-23(21(29)8-7-16(26)9-10-33(3,30)31)15(2)27-28(20)22(12-14)32-13-17-18(24)5-4-6-19(17)25/h4-6,11-12,16H,7-10,13,26H2,1-3H3. The number of aryl methyl sites for hydroxylation is 2. The van der Waals surface area contributed by atoms with E-state index in [2.05, 4.69) is 5.10 Å². The van der Waals surface area contributed by atoms with E-state index in [0.29, 0.717) is 23.2 Å². The Bertz CT molecular complexity index is 1270. The lowest BCUT2D eigenvalue weighted by Crippen LogP contribution is -2.24. The van der Waals surface area contributed by atoms with Crippen LogP contribution in [0.1, 0.15) is 46.4 Å². The summed E-state index contributed by atoms with van der Waals surface area (Å²) in [5.74, 6) is -1.37. The first-order chi connectivity index (χ1) is 15.5. The first-order valence-electron chi connectivity index (χ1n) is 10.5. The zero-order valence-corrected chi connectivity index (χ0v) is 19.6. The molecule has 0 bridgehead atoms. The molecule has 2 N–H and O–H groups in total. The van der Waals surface area contributed by atoms with Crippen LogP contribution in [0, 0.1) is 25.5 Å². The van der Waals surface area contributed by atoms with Crippen LogP contribution in [0.15, 0.2) is 30.3 Å². The number of ether oxygens (including phenoxy) is 1. The Balaban J connectivity index is 1.81. The SMILES string of the molecule is Cc1cc(OCc2c(F)cccc2F)n2nc(C)c(C(=O)CCC(N)CCS(C)(=O)=O)c2c1. The van der Waals surface area contributed by atoms with E-state index in [4.69, 9.17) is 10.5 Å². The van der Waals surface area contributed by atoms with Crippen molar-refractivity contribution in [3.8, 4) is 5.88 Å². The van der Waals surface area contributed by atoms with E-state index >= 15 is 0 Å². The summed E-state index contributed by atoms with van der Waals surface area (Å²) in [6.07, 6.45) is 1.91. The number of Topliss-reactive ketones (excluding diaryl/α,β-unsaturated/α-hetero) is 1. The number of benzene rings is 1. The number of fused-ring (bicyclic) bond motifs is 1. The van der Waals surface area contributed by atoms with E-state index in [1.807, 2.05) is 6.92 Å². The summed E-state index contributed by atoms with van der Waals surface area (Å²) in [7, 11) is -3.12. The van der Waals surface area contributed by atoms with Crippen LogP contribution in [-0.4, -0.2) is 41.9 Å². The van der Waals surface area contributed by atoms with E-state index in [9.17, 15) is 22.0 Å². The molecule has 0 radical (unpaired) electrons. The third-order valence-corrected chi connectivity index (χ3v) is 6.30. The van der Waals surface area contributed by atoms with Crippen molar-refractivity contribution >= 4 is 21.1 Å². The van der Waals surface area contributed by atoms with E-state index in [-0.39, 0.29) is 42.4 Å². The lowest BCUT2D eigenvalue weighted by molar-refractivity contribution is 0.0978. The van der Waals surface area contributed by atoms with Gasteiger partial charge < -0.3 is 10.5 Å². The molecule has 2 aromatic heterocycles. The zero-order valence-electron chi connectivity index (χ0n) is 18.8. The number of carbonyl (C=O) groups excluding carboxylic acids is 1. The van der Waals surface area contributed by atoms with Gasteiger partial charge in [0.05, 0.1) is 28.1 Å². The van der Waals surface area contributed by atoms with Crippen molar-refractivity contribution in [2.45, 2.75) is 45.8 Å². The Morgan fingerprint density at radius 2 is 1.85 bits per heavy atom. The number of sulfone groups is 1. The summed E-state index contributed by atoms with van der Waals surface area (Å²) < 4.78 is 57.7. The Kier molecular flexibility index (Phi) is 7.48. The highest BCUT2D eigenvalue weighted by atomic mass is 32.2. The molecule has 178 valence electrons. The molecule has 7 nitrogen and oxygen atoms in total. The van der Waals surface area contributed by atoms with Crippen molar-refractivity contribution in [1.29, 1.82) is 0 Å². The average Bonchev–Trinajstić information content (AvgIpc) is 3.05. The topological polar surface area (TPSA) is 104 Å². The van der Waals surface area contributed by atoms with Crippen molar-refractivity contribution in [2.24, 2.45) is 5.73 Å². The van der Waals surface area contributed by atoms with Gasteiger partial charge in [-0.05, 0) is 50.5 Å². The fraction of sp³-hybridized carbons (Fsp3) is 0.391. The maximum Gasteiger partial charge on any atom is 0.215 e. The number of aromatic nitrogens is 2. The predicted octanol–water partition coefficient (Wildman–Crippen LogP) is 3.53. The molecule has 1 aromatic carbocycles. The lowest BCUT2D eigenvalue weighted by atomic mass is 10.0. The van der Waals surface area contributed by atoms with Crippen LogP contribution in [0.5, 0.6) is 5.88 Å². The van der Waals surface area contributed by atoms with Crippen LogP contribution < -0.4 is 10.5 Å². The second-order valence-electron chi connectivity index (χ2n) is 8.26. The van der Waals surface area contributed by atoms with Gasteiger partial charge in [0.15, 0.2) is 5.78 Å². The smallest absolute Gasteiger partial charge is 0.215 e. The minimum atomic E-state index is -3.12. The maximum atomic E-state index is 14.0. The molecular formula is C23H27F2N3O4S. The van der Waals surface area contributed by atoms with Crippen LogP contribution in [-0.2, 0) is 16.4 Å². The van der Waals surface area contributed by atoms with E-state index in [0.717, 1.165) is 24.0 Å². The molecule has 3 rings (SSSR count). The second kappa shape index (κ2) is 9.96. The zero-order chi connectivity index (χ0) is 24.3. The highest BCUT2D eigenvalue weighted by Gasteiger charge is 2.21. The average molecular weight is 480 g/mol. The summed E-state index contributed by atoms with van der Waals surface area (Å²) in [4.78, 5) is 13.0. The fourth-order valence-corrected chi connectivity index (χ4v) is 4.31. The van der Waals surface area contributed by atoms with Crippen molar-refractivity contribution in [2.75, 3.05) is 12.0 Å². The number of hydrogen-bond donors (Lipinski definition) is 1. The molecular weight excluding hydrogens is 452 g/mol. The summed E-state index contributed by atoms with van der Waals surface area (Å²) in [5, 5.41) is 4.40. The number of rotatable bonds is 10. The molecule has 2 heterocycles. The van der Waals surface area contributed by atoms with Gasteiger partial charge in [-0.2, -0.15) is 5.10 Å². The molecule has 0 saturated carbocycles. The van der Waals surface area contributed by atoms with Crippen molar-refractivity contribution < 1.29 is 26.7 Å². The molecule has 0 aliphatic carbocycles. The van der Waals surface area contributed by atoms with E-state index < -0.39 is 27.5 Å². The summed E-state index contributed by atoms with van der Waals surface area (Å²) in [6, 6.07) is 6.63. The third kappa shape index (κ3) is 6.14. The minimum Gasteiger partial charge on any atom is -0.473 e. The molecule has 0 aliphatic heterocycles. The van der Waals surface area contributed by atoms with Gasteiger partial charge >= 0.3 is 0 Å². The van der Waals surface area contributed by atoms with Crippen LogP contribution in [0.25, 0.3) is 5.52 Å². The lowest BCUT2D eigenvalue weighted by Gasteiger charge is -2.11. The number of nitrogens with two attached hydrogens (primary N) is 1. The fourth-order valence-electron chi connectivity index (χ4n) is 3.57. The second-order valence-corrected chi connectivity index (χ2v) is 10.5. The predicted molar refractivity (Wildman–Crippen MR) is 121 cm³/mol. The Morgan fingerprint density at radius 1 is 1.18 bits per heavy atom. The van der Waals surface area contributed by atoms with Gasteiger partial charge in [-0.1, -0.05) is 6.07 Å². The normalized spacial score (nSPS) is 12.8. The van der Waals surface area contributed by atoms with Crippen LogP contribution in [0.4, 0.5) is 8.78 Å². The van der Waals surface area contributed by atoms with Gasteiger partial charge in [0.2, 0.25) is 5.88 Å². The van der Waals surface area contributed by atoms with Crippen LogP contribution in [0.2, 0.25) is 0 Å². The highest BCUT2D eigenvalue weighted by molar-refractivity contribution is 7.90. The van der Waals surface area contributed by atoms with Gasteiger partial charge in [0, 0.05) is 24.8 Å². The number of carbonyl (C=O) groups is 1. The van der Waals surface area contributed by atoms with Gasteiger partial charge in [-0.25, -0.2) is 21.7 Å². The highest BCUT2D eigenvalue weighted by Crippen LogP contribution is 2.26. The number of hydrogen-bond acceptors (Lipinski definition) is 6. The van der Waals surface area contributed by atoms with Crippen molar-refractivity contribution in [3.05, 3.63) is 64.4 Å². The number of nitrogens with zero attached hydrogens (tertiary/aromatic N) is 2. The maximum absolute atomic E-state index is 14.0. The molecule has 1 atom stereocenters. The van der Waals surface area contributed by atoms with Gasteiger partial charge in [-0.3, -0.25) is 4.79 Å². The molecule has 10 heteroatoms. The minimum absolute atomic E-state index is 0.0272. The van der Waals surface area contributed by atoms with Crippen molar-refractivity contribution in [3.63, 3.8) is 0 Å². The molecule has 0 aliphatic rings. The molecule has 0 spiro atoms. The monoisotopic (exact) mass is 479 g/mol. The Hall–Kier alpha value is -2.85. The van der Waals surface area contributed by atoms with Crippen LogP contribution in [0.3, 0.4) is 0 Å². The number of pyridine rings is 1. The molecule has 0 fully saturated rings. The van der Waals surface area contributed by atoms with Crippen LogP contribution >= 0.6 is 0 Å². The largest absolute Gasteiger partial charge is 0.473 e. The van der Waals surface area contributed by atoms with Gasteiger partial charge in [0.25, 0.3) is 0 Å². The number of ketones is 1. The molecule has 3 aromatic rings. The molecule has 33 heavy (non-hydrogen) atoms. The third-order valence-electron chi connectivity index (χ3n) is 5.33.